The Kier molecular flexibility index (Phi) is 3.53. The van der Waals surface area contributed by atoms with Gasteiger partial charge in [-0.15, -0.1) is 0 Å². The largest absolute Gasteiger partial charge is 0.309 e. The van der Waals surface area contributed by atoms with E-state index in [0.29, 0.717) is 11.5 Å². The summed E-state index contributed by atoms with van der Waals surface area (Å²) in [6, 6.07) is 5.61. The summed E-state index contributed by atoms with van der Waals surface area (Å²) in [6.07, 6.45) is 3.26. The third kappa shape index (κ3) is 2.86. The molecule has 1 aliphatic rings. The smallest absolute Gasteiger partial charge is 0.123 e. The average molecular weight is 235 g/mol. The monoisotopic (exact) mass is 235 g/mol. The van der Waals surface area contributed by atoms with Crippen molar-refractivity contribution in [2.45, 2.75) is 46.1 Å². The molecule has 0 bridgehead atoms. The standard InChI is InChI=1S/C15H22FN/c1-4-15(2,3)10-17-14-8-5-11-9-12(16)6-7-13(11)14/h6-7,9,14,17H,4-5,8,10H2,1-3H3. The number of benzene rings is 1. The maximum Gasteiger partial charge on any atom is 0.123 e. The van der Waals surface area contributed by atoms with Gasteiger partial charge in [0.15, 0.2) is 0 Å². The first-order chi connectivity index (χ1) is 8.02. The van der Waals surface area contributed by atoms with Gasteiger partial charge in [0.05, 0.1) is 0 Å². The van der Waals surface area contributed by atoms with Crippen molar-refractivity contribution in [2.75, 3.05) is 6.54 Å². The van der Waals surface area contributed by atoms with E-state index in [9.17, 15) is 4.39 Å². The molecule has 1 atom stereocenters. The molecule has 0 aliphatic heterocycles. The summed E-state index contributed by atoms with van der Waals surface area (Å²) in [6.45, 7) is 7.80. The molecule has 1 aromatic carbocycles. The van der Waals surface area contributed by atoms with Crippen LogP contribution in [0.5, 0.6) is 0 Å². The molecule has 0 aromatic heterocycles. The van der Waals surface area contributed by atoms with Crippen molar-refractivity contribution in [1.82, 2.24) is 5.32 Å². The zero-order valence-electron chi connectivity index (χ0n) is 11.0. The molecule has 1 unspecified atom stereocenters. The Morgan fingerprint density at radius 1 is 1.41 bits per heavy atom. The Balaban J connectivity index is 2.03. The van der Waals surface area contributed by atoms with Crippen LogP contribution in [0.2, 0.25) is 0 Å². The van der Waals surface area contributed by atoms with Crippen molar-refractivity contribution >= 4 is 0 Å². The molecule has 1 aliphatic carbocycles. The molecule has 2 rings (SSSR count). The minimum atomic E-state index is -0.113. The van der Waals surface area contributed by atoms with Gasteiger partial charge in [-0.05, 0) is 47.9 Å². The number of halogens is 1. The lowest BCUT2D eigenvalue weighted by Gasteiger charge is -2.26. The van der Waals surface area contributed by atoms with Gasteiger partial charge in [0.2, 0.25) is 0 Å². The summed E-state index contributed by atoms with van der Waals surface area (Å²) in [5.41, 5.74) is 2.80. The van der Waals surface area contributed by atoms with Crippen LogP contribution in [0.15, 0.2) is 18.2 Å². The Hall–Kier alpha value is -0.890. The van der Waals surface area contributed by atoms with Gasteiger partial charge in [-0.25, -0.2) is 4.39 Å². The van der Waals surface area contributed by atoms with Crippen LogP contribution in [-0.4, -0.2) is 6.54 Å². The summed E-state index contributed by atoms with van der Waals surface area (Å²) < 4.78 is 13.1. The van der Waals surface area contributed by atoms with Crippen molar-refractivity contribution < 1.29 is 4.39 Å². The molecular formula is C15H22FN. The van der Waals surface area contributed by atoms with E-state index in [1.54, 1.807) is 12.1 Å². The lowest BCUT2D eigenvalue weighted by molar-refractivity contribution is 0.309. The molecule has 0 fully saturated rings. The van der Waals surface area contributed by atoms with E-state index in [2.05, 4.69) is 26.1 Å². The second-order valence-electron chi connectivity index (χ2n) is 5.83. The van der Waals surface area contributed by atoms with Crippen LogP contribution in [0.1, 0.15) is 50.8 Å². The molecule has 0 saturated heterocycles. The maximum atomic E-state index is 13.1. The Labute approximate surface area is 103 Å². The first-order valence-corrected chi connectivity index (χ1v) is 6.53. The van der Waals surface area contributed by atoms with Crippen LogP contribution >= 0.6 is 0 Å². The van der Waals surface area contributed by atoms with Crippen LogP contribution in [0.4, 0.5) is 4.39 Å². The Morgan fingerprint density at radius 2 is 2.18 bits per heavy atom. The van der Waals surface area contributed by atoms with Crippen LogP contribution in [0, 0.1) is 11.2 Å². The van der Waals surface area contributed by atoms with Gasteiger partial charge in [0.1, 0.15) is 5.82 Å². The number of nitrogens with one attached hydrogen (secondary N) is 1. The lowest BCUT2D eigenvalue weighted by Crippen LogP contribution is -2.31. The zero-order chi connectivity index (χ0) is 12.5. The fourth-order valence-electron chi connectivity index (χ4n) is 2.32. The number of hydrogen-bond donors (Lipinski definition) is 1. The topological polar surface area (TPSA) is 12.0 Å². The van der Waals surface area contributed by atoms with Crippen molar-refractivity contribution in [1.29, 1.82) is 0 Å². The average Bonchev–Trinajstić information content (AvgIpc) is 2.69. The summed E-state index contributed by atoms with van der Waals surface area (Å²) in [7, 11) is 0. The van der Waals surface area contributed by atoms with Gasteiger partial charge in [-0.3, -0.25) is 0 Å². The van der Waals surface area contributed by atoms with Gasteiger partial charge in [-0.1, -0.05) is 26.8 Å². The SMILES string of the molecule is CCC(C)(C)CNC1CCc2cc(F)ccc21. The third-order valence-corrected chi connectivity index (χ3v) is 3.97. The molecule has 0 spiro atoms. The lowest BCUT2D eigenvalue weighted by atomic mass is 9.90. The molecule has 1 N–H and O–H groups in total. The van der Waals surface area contributed by atoms with Gasteiger partial charge in [-0.2, -0.15) is 0 Å². The molecule has 0 saturated carbocycles. The predicted octanol–water partition coefficient (Wildman–Crippen LogP) is 3.84. The highest BCUT2D eigenvalue weighted by Crippen LogP contribution is 2.32. The third-order valence-electron chi connectivity index (χ3n) is 3.97. The van der Waals surface area contributed by atoms with Crippen molar-refractivity contribution in [3.63, 3.8) is 0 Å². The van der Waals surface area contributed by atoms with E-state index in [1.165, 1.54) is 17.5 Å². The van der Waals surface area contributed by atoms with E-state index in [4.69, 9.17) is 0 Å². The quantitative estimate of drug-likeness (QED) is 0.836. The van der Waals surface area contributed by atoms with Crippen LogP contribution < -0.4 is 5.32 Å². The summed E-state index contributed by atoms with van der Waals surface area (Å²) in [5.74, 6) is -0.113. The highest BCUT2D eigenvalue weighted by atomic mass is 19.1. The molecular weight excluding hydrogens is 213 g/mol. The second-order valence-corrected chi connectivity index (χ2v) is 5.83. The fraction of sp³-hybridized carbons (Fsp3) is 0.600. The highest BCUT2D eigenvalue weighted by molar-refractivity contribution is 5.34. The van der Waals surface area contributed by atoms with E-state index in [1.807, 2.05) is 6.07 Å². The van der Waals surface area contributed by atoms with E-state index in [0.717, 1.165) is 19.4 Å². The minimum absolute atomic E-state index is 0.113. The van der Waals surface area contributed by atoms with E-state index >= 15 is 0 Å². The van der Waals surface area contributed by atoms with Crippen molar-refractivity contribution in [3.05, 3.63) is 35.1 Å². The zero-order valence-corrected chi connectivity index (χ0v) is 11.0. The molecule has 1 nitrogen and oxygen atoms in total. The predicted molar refractivity (Wildman–Crippen MR) is 69.5 cm³/mol. The summed E-state index contributed by atoms with van der Waals surface area (Å²) in [5, 5.41) is 3.63. The first kappa shape index (κ1) is 12.6. The van der Waals surface area contributed by atoms with Gasteiger partial charge in [0, 0.05) is 12.6 Å². The van der Waals surface area contributed by atoms with Crippen LogP contribution in [-0.2, 0) is 6.42 Å². The van der Waals surface area contributed by atoms with Gasteiger partial charge < -0.3 is 5.32 Å². The molecule has 0 radical (unpaired) electrons. The van der Waals surface area contributed by atoms with Gasteiger partial charge in [0.25, 0.3) is 0 Å². The van der Waals surface area contributed by atoms with Crippen molar-refractivity contribution in [3.8, 4) is 0 Å². The second kappa shape index (κ2) is 4.77. The van der Waals surface area contributed by atoms with Crippen LogP contribution in [0.25, 0.3) is 0 Å². The highest BCUT2D eigenvalue weighted by Gasteiger charge is 2.24. The minimum Gasteiger partial charge on any atom is -0.309 e. The summed E-state index contributed by atoms with van der Waals surface area (Å²) in [4.78, 5) is 0. The number of fused-ring (bicyclic) bond motifs is 1. The fourth-order valence-corrected chi connectivity index (χ4v) is 2.32. The molecule has 94 valence electrons. The van der Waals surface area contributed by atoms with E-state index < -0.39 is 0 Å². The van der Waals surface area contributed by atoms with Gasteiger partial charge >= 0.3 is 0 Å². The molecule has 0 amide bonds. The number of hydrogen-bond acceptors (Lipinski definition) is 1. The number of rotatable bonds is 4. The number of aryl methyl sites for hydroxylation is 1. The molecule has 17 heavy (non-hydrogen) atoms. The Morgan fingerprint density at radius 3 is 2.88 bits per heavy atom. The molecule has 0 heterocycles. The normalized spacial score (nSPS) is 19.4. The maximum absolute atomic E-state index is 13.1. The van der Waals surface area contributed by atoms with Crippen LogP contribution in [0.3, 0.4) is 0 Å². The van der Waals surface area contributed by atoms with Crippen molar-refractivity contribution in [2.24, 2.45) is 5.41 Å². The molecule has 1 aromatic rings. The Bertz CT molecular complexity index is 398. The van der Waals surface area contributed by atoms with E-state index in [-0.39, 0.29) is 5.82 Å². The molecule has 2 heteroatoms. The first-order valence-electron chi connectivity index (χ1n) is 6.53. The summed E-state index contributed by atoms with van der Waals surface area (Å²) >= 11 is 0.